The van der Waals surface area contributed by atoms with Gasteiger partial charge in [0, 0.05) is 31.6 Å². The molecule has 0 aromatic rings. The van der Waals surface area contributed by atoms with Gasteiger partial charge in [-0.05, 0) is 88.6 Å². The van der Waals surface area contributed by atoms with Crippen molar-refractivity contribution in [2.45, 2.75) is 193 Å². The van der Waals surface area contributed by atoms with Crippen molar-refractivity contribution in [1.29, 1.82) is 0 Å². The first-order valence-corrected chi connectivity index (χ1v) is 21.0. The first-order valence-electron chi connectivity index (χ1n) is 18.5. The molecule has 4 heterocycles. The van der Waals surface area contributed by atoms with Gasteiger partial charge < -0.3 is 28.1 Å². The number of Topliss-reactive ketones (excluding diaryl/α,β-unsaturated/α-hetero) is 1. The van der Waals surface area contributed by atoms with Gasteiger partial charge in [-0.15, -0.1) is 0 Å². The Labute approximate surface area is 280 Å². The van der Waals surface area contributed by atoms with Crippen molar-refractivity contribution < 1.29 is 37.7 Å². The topological polar surface area (TPSA) is 89.5 Å². The van der Waals surface area contributed by atoms with Gasteiger partial charge in [0.25, 0.3) is 0 Å². The lowest BCUT2D eigenvalue weighted by atomic mass is 9.76. The highest BCUT2D eigenvalue weighted by Crippen LogP contribution is 2.55. The molecule has 46 heavy (non-hydrogen) atoms. The van der Waals surface area contributed by atoms with E-state index < -0.39 is 37.6 Å². The minimum absolute atomic E-state index is 0.00301. The van der Waals surface area contributed by atoms with Gasteiger partial charge >= 0.3 is 5.97 Å². The average Bonchev–Trinajstić information content (AvgIpc) is 3.38. The van der Waals surface area contributed by atoms with Crippen LogP contribution in [0.25, 0.3) is 0 Å². The smallest absolute Gasteiger partial charge is 0.303 e. The van der Waals surface area contributed by atoms with Crippen LogP contribution in [-0.2, 0) is 37.7 Å². The van der Waals surface area contributed by atoms with Crippen LogP contribution in [0.5, 0.6) is 0 Å². The van der Waals surface area contributed by atoms with Gasteiger partial charge in [-0.25, -0.2) is 0 Å². The van der Waals surface area contributed by atoms with Crippen LogP contribution in [0.3, 0.4) is 0 Å². The lowest BCUT2D eigenvalue weighted by Crippen LogP contribution is -2.63. The van der Waals surface area contributed by atoms with Gasteiger partial charge in [-0.1, -0.05) is 55.4 Å². The highest BCUT2D eigenvalue weighted by molar-refractivity contribution is 6.73. The summed E-state index contributed by atoms with van der Waals surface area (Å²) in [6.07, 6.45) is 8.44. The zero-order valence-electron chi connectivity index (χ0n) is 30.7. The summed E-state index contributed by atoms with van der Waals surface area (Å²) in [7, 11) is -1.85. The molecular weight excluding hydrogens is 600 g/mol. The third kappa shape index (κ3) is 6.84. The zero-order chi connectivity index (χ0) is 34.1. The summed E-state index contributed by atoms with van der Waals surface area (Å²) in [5.74, 6) is -2.51. The molecular formula is C37H64O8Si. The maximum absolute atomic E-state index is 13.0. The van der Waals surface area contributed by atoms with Crippen molar-refractivity contribution >= 4 is 20.1 Å². The fourth-order valence-electron chi connectivity index (χ4n) is 9.00. The van der Waals surface area contributed by atoms with Gasteiger partial charge in [-0.3, -0.25) is 9.59 Å². The molecule has 4 aliphatic heterocycles. The second-order valence-electron chi connectivity index (χ2n) is 15.0. The monoisotopic (exact) mass is 664 g/mol. The number of hydrogen-bond donors (Lipinski definition) is 0. The summed E-state index contributed by atoms with van der Waals surface area (Å²) < 4.78 is 41.0. The van der Waals surface area contributed by atoms with Gasteiger partial charge in [0.15, 0.2) is 20.2 Å². The third-order valence-electron chi connectivity index (χ3n) is 12.4. The summed E-state index contributed by atoms with van der Waals surface area (Å²) in [4.78, 5) is 25.3. The lowest BCUT2D eigenvalue weighted by molar-refractivity contribution is -0.408. The summed E-state index contributed by atoms with van der Waals surface area (Å²) >= 11 is 0. The van der Waals surface area contributed by atoms with Crippen molar-refractivity contribution in [3.8, 4) is 0 Å². The van der Waals surface area contributed by atoms with Crippen LogP contribution in [0, 0.1) is 17.8 Å². The molecule has 4 rings (SSSR count). The summed E-state index contributed by atoms with van der Waals surface area (Å²) in [5.41, 5.74) is -0.961. The van der Waals surface area contributed by atoms with E-state index in [4.69, 9.17) is 28.1 Å². The molecule has 2 spiro atoms. The van der Waals surface area contributed by atoms with Crippen LogP contribution < -0.4 is 0 Å². The Balaban J connectivity index is 1.61. The Kier molecular flexibility index (Phi) is 11.8. The van der Waals surface area contributed by atoms with Crippen LogP contribution in [0.2, 0.25) is 18.1 Å². The molecule has 8 nitrogen and oxygen atoms in total. The van der Waals surface area contributed by atoms with Gasteiger partial charge in [-0.2, -0.15) is 0 Å². The van der Waals surface area contributed by atoms with Crippen molar-refractivity contribution in [3.63, 3.8) is 0 Å². The SMILES string of the molecule is CCC(=O)[C@H](CC)[C@H]1O[C@@]2(C=C[C@@H](OC(C)=O)[C@@]3(CC[C@@](C)([C@H]4CC[C@@](CC)(O[Si](CC)(CC)CC)[C@H](C)O4)O3)O2)[C@H](C)C[C@@H]1C. The normalized spacial score (nSPS) is 42.0. The molecule has 0 aromatic heterocycles. The second kappa shape index (κ2) is 14.4. The van der Waals surface area contributed by atoms with Crippen LogP contribution in [0.15, 0.2) is 12.2 Å². The van der Waals surface area contributed by atoms with Crippen LogP contribution >= 0.6 is 0 Å². The van der Waals surface area contributed by atoms with Crippen molar-refractivity contribution in [1.82, 2.24) is 0 Å². The molecule has 0 amide bonds. The van der Waals surface area contributed by atoms with E-state index in [1.54, 1.807) is 0 Å². The summed E-state index contributed by atoms with van der Waals surface area (Å²) in [5, 5.41) is 0. The van der Waals surface area contributed by atoms with E-state index in [0.29, 0.717) is 25.7 Å². The summed E-state index contributed by atoms with van der Waals surface area (Å²) in [6, 6.07) is 3.32. The maximum Gasteiger partial charge on any atom is 0.303 e. The molecule has 11 atom stereocenters. The van der Waals surface area contributed by atoms with Crippen LogP contribution in [0.4, 0.5) is 0 Å². The molecule has 0 radical (unpaired) electrons. The van der Waals surface area contributed by atoms with E-state index in [1.807, 2.05) is 19.1 Å². The number of hydrogen-bond acceptors (Lipinski definition) is 8. The van der Waals surface area contributed by atoms with E-state index in [2.05, 4.69) is 62.3 Å². The number of ether oxygens (including phenoxy) is 5. The number of ketones is 1. The molecule has 3 saturated heterocycles. The van der Waals surface area contributed by atoms with Gasteiger partial charge in [0.2, 0.25) is 5.79 Å². The standard InChI is InChI=1S/C37H64O8Si/c1-12-29(30(39)13-2)33-25(7)24-26(8)36(42-33)21-19-32(41-28(10)38)37(44-36)23-22-34(11,43-37)31-18-20-35(14-3,27(9)40-31)45-46(15-4,16-5)17-6/h19,21,25-27,29,31-33H,12-18,20,22-24H2,1-11H3/t25-,26+,27-,29-,31+,32+,33-,34-,35+,36+,37+/m0/s1. The van der Waals surface area contributed by atoms with Gasteiger partial charge in [0.1, 0.15) is 5.78 Å². The van der Waals surface area contributed by atoms with E-state index in [1.165, 1.54) is 6.92 Å². The molecule has 0 aliphatic carbocycles. The van der Waals surface area contributed by atoms with Crippen LogP contribution in [0.1, 0.15) is 128 Å². The molecule has 4 aliphatic rings. The second-order valence-corrected chi connectivity index (χ2v) is 19.7. The Morgan fingerprint density at radius 2 is 1.65 bits per heavy atom. The molecule has 9 heteroatoms. The van der Waals surface area contributed by atoms with E-state index in [9.17, 15) is 9.59 Å². The van der Waals surface area contributed by atoms with E-state index in [-0.39, 0.29) is 47.4 Å². The fourth-order valence-corrected chi connectivity index (χ4v) is 12.2. The first kappa shape index (κ1) is 37.7. The van der Waals surface area contributed by atoms with Crippen molar-refractivity contribution in [3.05, 3.63) is 12.2 Å². The molecule has 264 valence electrons. The predicted octanol–water partition coefficient (Wildman–Crippen LogP) is 8.27. The van der Waals surface area contributed by atoms with E-state index >= 15 is 0 Å². The molecule has 0 N–H and O–H groups in total. The molecule has 0 saturated carbocycles. The Hall–Kier alpha value is -1.10. The number of carbonyl (C=O) groups excluding carboxylic acids is 2. The molecule has 0 bridgehead atoms. The average molecular weight is 665 g/mol. The Morgan fingerprint density at radius 3 is 2.20 bits per heavy atom. The number of esters is 1. The van der Waals surface area contributed by atoms with Crippen molar-refractivity contribution in [2.75, 3.05) is 0 Å². The van der Waals surface area contributed by atoms with Crippen molar-refractivity contribution in [2.24, 2.45) is 17.8 Å². The molecule has 0 aromatic carbocycles. The number of rotatable bonds is 12. The molecule has 3 fully saturated rings. The minimum Gasteiger partial charge on any atom is -0.453 e. The quantitative estimate of drug-likeness (QED) is 0.117. The maximum atomic E-state index is 13.0. The number of carbonyl (C=O) groups is 2. The lowest BCUT2D eigenvalue weighted by Gasteiger charge is -2.55. The summed E-state index contributed by atoms with van der Waals surface area (Å²) in [6.45, 7) is 23.0. The zero-order valence-corrected chi connectivity index (χ0v) is 31.7. The van der Waals surface area contributed by atoms with Crippen LogP contribution in [-0.4, -0.2) is 67.3 Å². The Bertz CT molecular complexity index is 1100. The van der Waals surface area contributed by atoms with E-state index in [0.717, 1.165) is 43.8 Å². The highest BCUT2D eigenvalue weighted by Gasteiger charge is 2.64. The largest absolute Gasteiger partial charge is 0.453 e. The highest BCUT2D eigenvalue weighted by atomic mass is 28.4. The third-order valence-corrected chi connectivity index (χ3v) is 17.1. The van der Waals surface area contributed by atoms with Gasteiger partial charge in [0.05, 0.1) is 29.5 Å². The molecule has 0 unspecified atom stereocenters. The Morgan fingerprint density at radius 1 is 0.978 bits per heavy atom. The first-order chi connectivity index (χ1) is 21.7. The fraction of sp³-hybridized carbons (Fsp3) is 0.892. The predicted molar refractivity (Wildman–Crippen MR) is 182 cm³/mol. The minimum atomic E-state index is -1.85.